The molecule has 0 aromatic heterocycles. The second kappa shape index (κ2) is 6.43. The van der Waals surface area contributed by atoms with E-state index in [9.17, 15) is 0 Å². The fourth-order valence-electron chi connectivity index (χ4n) is 4.82. The van der Waals surface area contributed by atoms with E-state index in [1.807, 2.05) is 0 Å². The molecule has 0 spiro atoms. The van der Waals surface area contributed by atoms with Gasteiger partial charge in [0.25, 0.3) is 0 Å². The molecular formula is C24H32P2. The zero-order valence-corrected chi connectivity index (χ0v) is 18.9. The summed E-state index contributed by atoms with van der Waals surface area (Å²) in [5.74, 6) is 0. The second-order valence-corrected chi connectivity index (χ2v) is 16.2. The molecule has 2 heteroatoms. The maximum atomic E-state index is 2.48. The van der Waals surface area contributed by atoms with Gasteiger partial charge >= 0.3 is 0 Å². The highest BCUT2D eigenvalue weighted by Crippen LogP contribution is 2.80. The lowest BCUT2D eigenvalue weighted by Gasteiger charge is -2.42. The van der Waals surface area contributed by atoms with Crippen LogP contribution in [0.1, 0.15) is 75.1 Å². The van der Waals surface area contributed by atoms with E-state index in [4.69, 9.17) is 0 Å². The summed E-state index contributed by atoms with van der Waals surface area (Å²) in [6.07, 6.45) is 2.62. The molecule has 0 aliphatic carbocycles. The lowest BCUT2D eigenvalue weighted by molar-refractivity contribution is 0.736. The summed E-state index contributed by atoms with van der Waals surface area (Å²) in [4.78, 5) is 0. The molecule has 138 valence electrons. The maximum Gasteiger partial charge on any atom is 0.0161 e. The zero-order valence-electron chi connectivity index (χ0n) is 17.1. The van der Waals surface area contributed by atoms with E-state index in [1.165, 1.54) is 12.3 Å². The van der Waals surface area contributed by atoms with Gasteiger partial charge in [0.1, 0.15) is 0 Å². The van der Waals surface area contributed by atoms with Crippen molar-refractivity contribution in [3.63, 3.8) is 0 Å². The van der Waals surface area contributed by atoms with E-state index < -0.39 is 0 Å². The van der Waals surface area contributed by atoms with Crippen LogP contribution in [-0.2, 0) is 12.3 Å². The fraction of sp³-hybridized carbons (Fsp3) is 0.500. The molecule has 0 fully saturated rings. The third kappa shape index (κ3) is 3.08. The molecule has 2 aliphatic heterocycles. The van der Waals surface area contributed by atoms with Gasteiger partial charge in [-0.25, -0.2) is 0 Å². The predicted octanol–water partition coefficient (Wildman–Crippen LogP) is 8.06. The van der Waals surface area contributed by atoms with Crippen LogP contribution in [0.2, 0.25) is 0 Å². The average molecular weight is 382 g/mol. The Morgan fingerprint density at radius 1 is 0.615 bits per heavy atom. The molecule has 0 saturated heterocycles. The van der Waals surface area contributed by atoms with Gasteiger partial charge in [-0.3, -0.25) is 0 Å². The zero-order chi connectivity index (χ0) is 18.7. The minimum absolute atomic E-state index is 0.0695. The van der Waals surface area contributed by atoms with Crippen molar-refractivity contribution in [3.8, 4) is 0 Å². The number of benzene rings is 2. The van der Waals surface area contributed by atoms with Crippen LogP contribution in [0.3, 0.4) is 0 Å². The summed E-state index contributed by atoms with van der Waals surface area (Å²) in [7, 11) is -0.139. The molecule has 2 heterocycles. The smallest absolute Gasteiger partial charge is 0.0161 e. The van der Waals surface area contributed by atoms with Crippen molar-refractivity contribution < 1.29 is 0 Å². The topological polar surface area (TPSA) is 0 Å². The molecule has 0 N–H and O–H groups in total. The van der Waals surface area contributed by atoms with Gasteiger partial charge in [0.2, 0.25) is 0 Å². The van der Waals surface area contributed by atoms with Crippen LogP contribution in [0, 0.1) is 0 Å². The van der Waals surface area contributed by atoms with Crippen molar-refractivity contribution in [2.75, 3.05) is 0 Å². The SMILES string of the molecule is CC(C)(C)P1Cc2ccccc2[C@H]1[C@@H]1c2ccccc2C[P@@]1C(C)(C)C. The van der Waals surface area contributed by atoms with Crippen molar-refractivity contribution >= 4 is 15.8 Å². The highest BCUT2D eigenvalue weighted by atomic mass is 31.1. The average Bonchev–Trinajstić information content (AvgIpc) is 3.12. The van der Waals surface area contributed by atoms with E-state index >= 15 is 0 Å². The molecule has 0 bridgehead atoms. The normalized spacial score (nSPS) is 28.1. The minimum atomic E-state index is -0.0695. The summed E-state index contributed by atoms with van der Waals surface area (Å²) >= 11 is 0. The third-order valence-electron chi connectivity index (χ3n) is 6.12. The van der Waals surface area contributed by atoms with Crippen LogP contribution in [0.4, 0.5) is 0 Å². The Hall–Kier alpha value is -0.700. The molecule has 2 aliphatic rings. The van der Waals surface area contributed by atoms with Crippen LogP contribution in [0.25, 0.3) is 0 Å². The molecule has 0 saturated carbocycles. The van der Waals surface area contributed by atoms with E-state index in [0.29, 0.717) is 10.3 Å². The number of rotatable bonds is 1. The van der Waals surface area contributed by atoms with Gasteiger partial charge in [0.05, 0.1) is 0 Å². The largest absolute Gasteiger partial charge is 0.0880 e. The molecule has 26 heavy (non-hydrogen) atoms. The standard InChI is InChI=1S/C24H32P2/c1-23(2,3)25-15-17-11-7-9-13-19(17)21(25)22-20-14-10-8-12-18(20)16-26(22)24(4,5)6/h7-14,21-22H,15-16H2,1-6H3/t21-,22-,25+,26?/m0/s1. The van der Waals surface area contributed by atoms with Gasteiger partial charge in [0.15, 0.2) is 0 Å². The summed E-state index contributed by atoms with van der Waals surface area (Å²) < 4.78 is 0. The van der Waals surface area contributed by atoms with Crippen LogP contribution < -0.4 is 0 Å². The highest BCUT2D eigenvalue weighted by molar-refractivity contribution is 7.63. The lowest BCUT2D eigenvalue weighted by atomic mass is 9.98. The first-order chi connectivity index (χ1) is 12.2. The lowest BCUT2D eigenvalue weighted by Crippen LogP contribution is -2.20. The van der Waals surface area contributed by atoms with E-state index in [-0.39, 0.29) is 15.8 Å². The van der Waals surface area contributed by atoms with Gasteiger partial charge < -0.3 is 0 Å². The van der Waals surface area contributed by atoms with E-state index in [1.54, 1.807) is 22.3 Å². The van der Waals surface area contributed by atoms with Gasteiger partial charge in [0, 0.05) is 11.3 Å². The molecule has 2 aromatic carbocycles. The third-order valence-corrected chi connectivity index (χ3v) is 13.7. The molecular weight excluding hydrogens is 350 g/mol. The molecule has 4 atom stereocenters. The Morgan fingerprint density at radius 2 is 0.962 bits per heavy atom. The molecule has 0 amide bonds. The van der Waals surface area contributed by atoms with Crippen LogP contribution in [-0.4, -0.2) is 10.3 Å². The van der Waals surface area contributed by atoms with Crippen molar-refractivity contribution in [2.24, 2.45) is 0 Å². The van der Waals surface area contributed by atoms with Gasteiger partial charge in [-0.2, -0.15) is 0 Å². The van der Waals surface area contributed by atoms with E-state index in [0.717, 1.165) is 11.3 Å². The van der Waals surface area contributed by atoms with Crippen molar-refractivity contribution in [3.05, 3.63) is 70.8 Å². The molecule has 2 aromatic rings. The Labute approximate surface area is 162 Å². The monoisotopic (exact) mass is 382 g/mol. The first-order valence-corrected chi connectivity index (χ1v) is 13.1. The Bertz CT molecular complexity index is 740. The highest BCUT2D eigenvalue weighted by Gasteiger charge is 2.50. The summed E-state index contributed by atoms with van der Waals surface area (Å²) in [5.41, 5.74) is 8.07. The number of hydrogen-bond acceptors (Lipinski definition) is 0. The van der Waals surface area contributed by atoms with Crippen LogP contribution in [0.15, 0.2) is 48.5 Å². The number of hydrogen-bond donors (Lipinski definition) is 0. The summed E-state index contributed by atoms with van der Waals surface area (Å²) in [5, 5.41) is 0.797. The van der Waals surface area contributed by atoms with Crippen LogP contribution in [0.5, 0.6) is 0 Å². The van der Waals surface area contributed by atoms with Gasteiger partial charge in [-0.05, 0) is 44.9 Å². The van der Waals surface area contributed by atoms with Crippen molar-refractivity contribution in [1.82, 2.24) is 0 Å². The molecule has 1 unspecified atom stereocenters. The maximum absolute atomic E-state index is 2.48. The summed E-state index contributed by atoms with van der Waals surface area (Å²) in [6, 6.07) is 18.7. The Balaban J connectivity index is 1.89. The first-order valence-electron chi connectivity index (χ1n) is 9.87. The van der Waals surface area contributed by atoms with Gasteiger partial charge in [-0.1, -0.05) is 106 Å². The second-order valence-electron chi connectivity index (χ2n) is 9.88. The van der Waals surface area contributed by atoms with E-state index in [2.05, 4.69) is 90.1 Å². The van der Waals surface area contributed by atoms with Crippen molar-refractivity contribution in [2.45, 2.75) is 75.5 Å². The first kappa shape index (κ1) is 18.7. The number of fused-ring (bicyclic) bond motifs is 2. The van der Waals surface area contributed by atoms with Gasteiger partial charge in [-0.15, -0.1) is 0 Å². The predicted molar refractivity (Wildman–Crippen MR) is 119 cm³/mol. The molecule has 0 nitrogen and oxygen atoms in total. The fourth-order valence-corrected chi connectivity index (χ4v) is 12.3. The van der Waals surface area contributed by atoms with Crippen molar-refractivity contribution in [1.29, 1.82) is 0 Å². The Kier molecular flexibility index (Phi) is 4.61. The molecule has 4 rings (SSSR count). The molecule has 0 radical (unpaired) electrons. The summed E-state index contributed by atoms with van der Waals surface area (Å²) in [6.45, 7) is 14.9. The minimum Gasteiger partial charge on any atom is -0.0880 e. The Morgan fingerprint density at radius 3 is 1.31 bits per heavy atom. The quantitative estimate of drug-likeness (QED) is 0.438. The van der Waals surface area contributed by atoms with Crippen LogP contribution >= 0.6 is 15.8 Å².